The first-order chi connectivity index (χ1) is 12.0. The predicted octanol–water partition coefficient (Wildman–Crippen LogP) is 2.32. The molecule has 2 aromatic carbocycles. The highest BCUT2D eigenvalue weighted by molar-refractivity contribution is 7.89. The molecule has 1 amide bonds. The predicted molar refractivity (Wildman–Crippen MR) is 95.1 cm³/mol. The van der Waals surface area contributed by atoms with Gasteiger partial charge in [0.05, 0.1) is 4.90 Å². The molecule has 0 unspecified atom stereocenters. The van der Waals surface area contributed by atoms with Gasteiger partial charge in [-0.05, 0) is 48.7 Å². The fourth-order valence-electron chi connectivity index (χ4n) is 2.67. The Bertz CT molecular complexity index is 851. The van der Waals surface area contributed by atoms with Gasteiger partial charge in [0.15, 0.2) is 0 Å². The lowest BCUT2D eigenvalue weighted by Crippen LogP contribution is -2.28. The summed E-state index contributed by atoms with van der Waals surface area (Å²) in [6.45, 7) is 0.391. The van der Waals surface area contributed by atoms with Crippen LogP contribution in [0.25, 0.3) is 0 Å². The first kappa shape index (κ1) is 17.4. The Labute approximate surface area is 147 Å². The van der Waals surface area contributed by atoms with Crippen LogP contribution in [0.1, 0.15) is 18.4 Å². The number of carbonyl (C=O) groups excluding carboxylic acids is 1. The number of hydrogen-bond acceptors (Lipinski definition) is 4. The van der Waals surface area contributed by atoms with E-state index in [1.54, 1.807) is 36.4 Å². The van der Waals surface area contributed by atoms with E-state index in [9.17, 15) is 13.2 Å². The van der Waals surface area contributed by atoms with E-state index >= 15 is 0 Å². The lowest BCUT2D eigenvalue weighted by atomic mass is 10.1. The van der Waals surface area contributed by atoms with Crippen molar-refractivity contribution in [2.24, 2.45) is 0 Å². The maximum atomic E-state index is 12.1. The van der Waals surface area contributed by atoms with Crippen LogP contribution in [-0.4, -0.2) is 27.5 Å². The molecule has 25 heavy (non-hydrogen) atoms. The summed E-state index contributed by atoms with van der Waals surface area (Å²) < 4.78 is 32.3. The molecule has 2 N–H and O–H groups in total. The monoisotopic (exact) mass is 360 g/mol. The number of amides is 1. The number of ether oxygens (including phenoxy) is 1. The summed E-state index contributed by atoms with van der Waals surface area (Å²) in [5.41, 5.74) is 1.85. The van der Waals surface area contributed by atoms with Gasteiger partial charge in [-0.15, -0.1) is 0 Å². The minimum Gasteiger partial charge on any atom is -0.492 e. The first-order valence-corrected chi connectivity index (χ1v) is 9.63. The fourth-order valence-corrected chi connectivity index (χ4v) is 3.70. The zero-order valence-electron chi connectivity index (χ0n) is 13.7. The van der Waals surface area contributed by atoms with Crippen LogP contribution in [0, 0.1) is 0 Å². The van der Waals surface area contributed by atoms with E-state index in [1.165, 1.54) is 0 Å². The van der Waals surface area contributed by atoms with E-state index in [0.29, 0.717) is 12.2 Å². The number of sulfonamides is 1. The van der Waals surface area contributed by atoms with Crippen LogP contribution in [0.5, 0.6) is 5.75 Å². The Kier molecular flexibility index (Phi) is 5.35. The van der Waals surface area contributed by atoms with Crippen molar-refractivity contribution in [2.45, 2.75) is 24.2 Å². The molecule has 0 fully saturated rings. The molecular formula is C18H20N2O4S. The third-order valence-electron chi connectivity index (χ3n) is 3.92. The highest BCUT2D eigenvalue weighted by Gasteiger charge is 2.14. The SMILES string of the molecule is O=C1CCCc2cc(OCCNS(=O)(=O)c3ccccc3)ccc2N1. The van der Waals surface area contributed by atoms with Gasteiger partial charge in [0.2, 0.25) is 15.9 Å². The highest BCUT2D eigenvalue weighted by atomic mass is 32.2. The van der Waals surface area contributed by atoms with Crippen LogP contribution in [0.2, 0.25) is 0 Å². The molecule has 6 nitrogen and oxygen atoms in total. The summed E-state index contributed by atoms with van der Waals surface area (Å²) in [5.74, 6) is 0.691. The van der Waals surface area contributed by atoms with Crippen molar-refractivity contribution in [1.82, 2.24) is 4.72 Å². The molecule has 1 aliphatic heterocycles. The topological polar surface area (TPSA) is 84.5 Å². The first-order valence-electron chi connectivity index (χ1n) is 8.15. The van der Waals surface area contributed by atoms with Crippen molar-refractivity contribution in [1.29, 1.82) is 0 Å². The average molecular weight is 360 g/mol. The zero-order chi connectivity index (χ0) is 17.7. The summed E-state index contributed by atoms with van der Waals surface area (Å²) in [6.07, 6.45) is 2.14. The number of rotatable bonds is 6. The molecule has 0 aliphatic carbocycles. The van der Waals surface area contributed by atoms with Gasteiger partial charge in [-0.25, -0.2) is 13.1 Å². The zero-order valence-corrected chi connectivity index (χ0v) is 14.5. The molecule has 0 saturated heterocycles. The van der Waals surface area contributed by atoms with Gasteiger partial charge < -0.3 is 10.1 Å². The van der Waals surface area contributed by atoms with E-state index < -0.39 is 10.0 Å². The molecule has 0 spiro atoms. The van der Waals surface area contributed by atoms with Crippen molar-refractivity contribution in [3.63, 3.8) is 0 Å². The van der Waals surface area contributed by atoms with Crippen LogP contribution in [0.15, 0.2) is 53.4 Å². The summed E-state index contributed by atoms with van der Waals surface area (Å²) in [7, 11) is -3.52. The summed E-state index contributed by atoms with van der Waals surface area (Å²) in [5, 5.41) is 2.87. The number of benzene rings is 2. The second-order valence-corrected chi connectivity index (χ2v) is 7.55. The van der Waals surface area contributed by atoms with Crippen LogP contribution < -0.4 is 14.8 Å². The Morgan fingerprint density at radius 1 is 1.08 bits per heavy atom. The molecule has 2 aromatic rings. The van der Waals surface area contributed by atoms with Crippen LogP contribution in [0.3, 0.4) is 0 Å². The summed E-state index contributed by atoms with van der Waals surface area (Å²) in [4.78, 5) is 11.8. The maximum absolute atomic E-state index is 12.1. The number of aryl methyl sites for hydroxylation is 1. The Balaban J connectivity index is 1.54. The molecular weight excluding hydrogens is 340 g/mol. The molecule has 3 rings (SSSR count). The van der Waals surface area contributed by atoms with Crippen molar-refractivity contribution in [3.8, 4) is 5.75 Å². The van der Waals surface area contributed by atoms with Crippen molar-refractivity contribution >= 4 is 21.6 Å². The Morgan fingerprint density at radius 3 is 2.68 bits per heavy atom. The van der Waals surface area contributed by atoms with E-state index in [2.05, 4.69) is 10.0 Å². The Hall–Kier alpha value is -2.38. The molecule has 0 saturated carbocycles. The number of fused-ring (bicyclic) bond motifs is 1. The van der Waals surface area contributed by atoms with E-state index in [4.69, 9.17) is 4.74 Å². The van der Waals surface area contributed by atoms with Crippen molar-refractivity contribution in [2.75, 3.05) is 18.5 Å². The molecule has 132 valence electrons. The second-order valence-electron chi connectivity index (χ2n) is 5.78. The van der Waals surface area contributed by atoms with Crippen LogP contribution in [0.4, 0.5) is 5.69 Å². The number of nitrogens with one attached hydrogen (secondary N) is 2. The molecule has 0 atom stereocenters. The van der Waals surface area contributed by atoms with Crippen LogP contribution in [-0.2, 0) is 21.2 Å². The lowest BCUT2D eigenvalue weighted by molar-refractivity contribution is -0.116. The largest absolute Gasteiger partial charge is 0.492 e. The normalized spacial score (nSPS) is 14.3. The molecule has 0 bridgehead atoms. The van der Waals surface area contributed by atoms with Gasteiger partial charge >= 0.3 is 0 Å². The molecule has 1 heterocycles. The smallest absolute Gasteiger partial charge is 0.240 e. The van der Waals surface area contributed by atoms with E-state index in [-0.39, 0.29) is 24.0 Å². The van der Waals surface area contributed by atoms with E-state index in [1.807, 2.05) is 12.1 Å². The van der Waals surface area contributed by atoms with Gasteiger partial charge in [-0.3, -0.25) is 4.79 Å². The molecule has 1 aliphatic rings. The minimum absolute atomic E-state index is 0.0303. The van der Waals surface area contributed by atoms with Gasteiger partial charge in [0.1, 0.15) is 12.4 Å². The third kappa shape index (κ3) is 4.58. The number of carbonyl (C=O) groups is 1. The van der Waals surface area contributed by atoms with Crippen LogP contribution >= 0.6 is 0 Å². The second kappa shape index (κ2) is 7.67. The quantitative estimate of drug-likeness (QED) is 0.774. The Morgan fingerprint density at radius 2 is 1.88 bits per heavy atom. The fraction of sp³-hybridized carbons (Fsp3) is 0.278. The average Bonchev–Trinajstić information content (AvgIpc) is 2.80. The molecule has 0 aromatic heterocycles. The lowest BCUT2D eigenvalue weighted by Gasteiger charge is -2.11. The molecule has 0 radical (unpaired) electrons. The van der Waals surface area contributed by atoms with E-state index in [0.717, 1.165) is 24.1 Å². The van der Waals surface area contributed by atoms with Gasteiger partial charge in [0.25, 0.3) is 0 Å². The third-order valence-corrected chi connectivity index (χ3v) is 5.39. The summed E-state index contributed by atoms with van der Waals surface area (Å²) in [6, 6.07) is 13.7. The maximum Gasteiger partial charge on any atom is 0.240 e. The van der Waals surface area contributed by atoms with Crippen molar-refractivity contribution < 1.29 is 17.9 Å². The van der Waals surface area contributed by atoms with Gasteiger partial charge in [-0.1, -0.05) is 18.2 Å². The van der Waals surface area contributed by atoms with Gasteiger partial charge in [-0.2, -0.15) is 0 Å². The standard InChI is InChI=1S/C18H20N2O4S/c21-18-8-4-5-14-13-15(9-10-17(14)20-18)24-12-11-19-25(22,23)16-6-2-1-3-7-16/h1-3,6-7,9-10,13,19H,4-5,8,11-12H2,(H,20,21). The highest BCUT2D eigenvalue weighted by Crippen LogP contribution is 2.26. The molecule has 7 heteroatoms. The number of hydrogen-bond donors (Lipinski definition) is 2. The minimum atomic E-state index is -3.52. The number of anilines is 1. The van der Waals surface area contributed by atoms with Gasteiger partial charge in [0, 0.05) is 18.7 Å². The summed E-state index contributed by atoms with van der Waals surface area (Å²) >= 11 is 0. The van der Waals surface area contributed by atoms with Crippen molar-refractivity contribution in [3.05, 3.63) is 54.1 Å².